The first-order valence-corrected chi connectivity index (χ1v) is 15.2. The number of anilines is 2. The Balaban J connectivity index is 1.75. The minimum absolute atomic E-state index is 0.0602. The number of piperazine rings is 1. The van der Waals surface area contributed by atoms with Gasteiger partial charge in [0.1, 0.15) is 28.9 Å². The van der Waals surface area contributed by atoms with Crippen LogP contribution in [0.15, 0.2) is 59.1 Å². The van der Waals surface area contributed by atoms with Gasteiger partial charge in [-0.1, -0.05) is 26.5 Å². The molecule has 2 N–H and O–H groups in total. The van der Waals surface area contributed by atoms with Crippen molar-refractivity contribution in [2.24, 2.45) is 4.99 Å². The van der Waals surface area contributed by atoms with Crippen molar-refractivity contribution >= 4 is 35.0 Å². The molecule has 9 nitrogen and oxygen atoms in total. The number of pyridine rings is 2. The van der Waals surface area contributed by atoms with Crippen LogP contribution in [0.5, 0.6) is 5.75 Å². The van der Waals surface area contributed by atoms with Crippen molar-refractivity contribution in [2.75, 3.05) is 24.2 Å². The molecule has 2 aliphatic rings. The summed E-state index contributed by atoms with van der Waals surface area (Å²) in [7, 11) is 0. The van der Waals surface area contributed by atoms with E-state index in [1.807, 2.05) is 44.9 Å². The molecule has 3 aromatic rings. The molecule has 1 unspecified atom stereocenters. The molecule has 1 amide bonds. The van der Waals surface area contributed by atoms with Gasteiger partial charge in [0.05, 0.1) is 22.5 Å². The van der Waals surface area contributed by atoms with Gasteiger partial charge in [0.25, 0.3) is 0 Å². The summed E-state index contributed by atoms with van der Waals surface area (Å²) < 4.78 is 31.0. The average Bonchev–Trinajstić information content (AvgIpc) is 2.97. The summed E-state index contributed by atoms with van der Waals surface area (Å²) in [5.41, 5.74) is 0.690. The van der Waals surface area contributed by atoms with Gasteiger partial charge in [0.15, 0.2) is 5.82 Å². The van der Waals surface area contributed by atoms with Crippen LogP contribution in [0, 0.1) is 11.6 Å². The van der Waals surface area contributed by atoms with Gasteiger partial charge >= 0.3 is 0 Å². The van der Waals surface area contributed by atoms with Crippen LogP contribution in [0.25, 0.3) is 11.3 Å². The van der Waals surface area contributed by atoms with Crippen molar-refractivity contribution in [3.63, 3.8) is 0 Å². The molecule has 1 fully saturated rings. The molecule has 1 saturated heterocycles. The Bertz CT molecular complexity index is 1600. The van der Waals surface area contributed by atoms with E-state index in [4.69, 9.17) is 0 Å². The number of carbonyl (C=O) groups is 1. The molecular formula is C31H34F2N6O3S. The number of nitrogens with zero attached hydrogens (tertiary/aromatic N) is 6. The number of fused-ring (bicyclic) bond motifs is 1. The third kappa shape index (κ3) is 5.33. The van der Waals surface area contributed by atoms with Crippen molar-refractivity contribution in [3.8, 4) is 17.0 Å². The predicted molar refractivity (Wildman–Crippen MR) is 164 cm³/mol. The molecular weight excluding hydrogens is 574 g/mol. The molecule has 12 heteroatoms. The largest absolute Gasteiger partial charge is 0.507 e. The second-order valence-electron chi connectivity index (χ2n) is 10.9. The number of hydrogen-bond acceptors (Lipinski definition) is 9. The number of phenolic OH excluding ortho intramolecular Hbond substituents is 1. The van der Waals surface area contributed by atoms with E-state index in [1.165, 1.54) is 40.9 Å². The number of rotatable bonds is 5. The van der Waals surface area contributed by atoms with Gasteiger partial charge in [-0.25, -0.2) is 18.8 Å². The molecule has 0 saturated carbocycles. The highest BCUT2D eigenvalue weighted by molar-refractivity contribution is 7.98. The number of phenols is 1. The zero-order valence-corrected chi connectivity index (χ0v) is 25.4. The molecule has 43 heavy (non-hydrogen) atoms. The lowest BCUT2D eigenvalue weighted by molar-refractivity contribution is -0.130. The summed E-state index contributed by atoms with van der Waals surface area (Å²) >= 11 is 1.44. The van der Waals surface area contributed by atoms with E-state index in [0.717, 1.165) is 11.0 Å². The molecule has 2 aliphatic heterocycles. The second-order valence-corrected chi connectivity index (χ2v) is 11.8. The fraction of sp³-hybridized carbons (Fsp3) is 0.355. The van der Waals surface area contributed by atoms with Crippen molar-refractivity contribution in [2.45, 2.75) is 56.9 Å². The van der Waals surface area contributed by atoms with E-state index >= 15 is 8.78 Å². The standard InChI is InChI=1S/C31H34F2N6O3S/c1-7-24(41)37-14-18(5)38(15-17(37)4)29-19-13-21(33)27(25-20(32)9-8-10-22(25)40)35-30(19)39(31(42)36-29)28-23(43-6)11-12-34-26(28)16(2)3/h7-13,16-18,31,40,42H,1,14-15H2,2-6H3/t17-,18+,31?/m1/s1. The van der Waals surface area contributed by atoms with Crippen LogP contribution in [-0.4, -0.2) is 79.5 Å². The van der Waals surface area contributed by atoms with Crippen LogP contribution in [0.3, 0.4) is 0 Å². The Morgan fingerprint density at radius 3 is 2.56 bits per heavy atom. The number of benzene rings is 1. The molecule has 5 rings (SSSR count). The number of aromatic hydroxyl groups is 1. The van der Waals surface area contributed by atoms with Gasteiger partial charge in [-0.15, -0.1) is 11.8 Å². The zero-order chi connectivity index (χ0) is 31.2. The number of halogens is 2. The van der Waals surface area contributed by atoms with Gasteiger partial charge in [0.2, 0.25) is 12.3 Å². The first kappa shape index (κ1) is 30.4. The summed E-state index contributed by atoms with van der Waals surface area (Å²) in [6.07, 6.45) is 3.36. The van der Waals surface area contributed by atoms with Crippen molar-refractivity contribution in [3.05, 3.63) is 72.1 Å². The Hall–Kier alpha value is -4.03. The van der Waals surface area contributed by atoms with Crippen LogP contribution in [0.2, 0.25) is 0 Å². The molecule has 1 aromatic carbocycles. The number of aliphatic hydroxyl groups is 1. The number of hydrogen-bond donors (Lipinski definition) is 2. The molecule has 4 heterocycles. The lowest BCUT2D eigenvalue weighted by Crippen LogP contribution is -2.60. The van der Waals surface area contributed by atoms with Crippen LogP contribution in [0.4, 0.5) is 20.3 Å². The zero-order valence-electron chi connectivity index (χ0n) is 24.6. The smallest absolute Gasteiger partial charge is 0.246 e. The number of aliphatic imine (C=N–C) groups is 1. The monoisotopic (exact) mass is 608 g/mol. The maximum atomic E-state index is 16.0. The lowest BCUT2D eigenvalue weighted by Gasteiger charge is -2.47. The summed E-state index contributed by atoms with van der Waals surface area (Å²) in [5.74, 6) is -2.02. The molecule has 2 aromatic heterocycles. The average molecular weight is 609 g/mol. The third-order valence-electron chi connectivity index (χ3n) is 7.76. The molecule has 0 radical (unpaired) electrons. The Morgan fingerprint density at radius 2 is 1.91 bits per heavy atom. The van der Waals surface area contributed by atoms with E-state index in [1.54, 1.807) is 11.1 Å². The van der Waals surface area contributed by atoms with E-state index in [-0.39, 0.29) is 40.9 Å². The minimum atomic E-state index is -1.49. The molecule has 3 atom stereocenters. The van der Waals surface area contributed by atoms with Gasteiger partial charge in [0, 0.05) is 36.3 Å². The lowest BCUT2D eigenvalue weighted by atomic mass is 10.0. The summed E-state index contributed by atoms with van der Waals surface area (Å²) in [4.78, 5) is 32.2. The van der Waals surface area contributed by atoms with Crippen LogP contribution >= 0.6 is 11.8 Å². The highest BCUT2D eigenvalue weighted by Gasteiger charge is 2.40. The maximum absolute atomic E-state index is 16.0. The van der Waals surface area contributed by atoms with Gasteiger partial charge in [-0.2, -0.15) is 0 Å². The normalized spacial score (nSPS) is 20.3. The maximum Gasteiger partial charge on any atom is 0.246 e. The van der Waals surface area contributed by atoms with E-state index in [2.05, 4.69) is 21.5 Å². The molecule has 0 aliphatic carbocycles. The fourth-order valence-electron chi connectivity index (χ4n) is 5.67. The molecule has 0 spiro atoms. The third-order valence-corrected chi connectivity index (χ3v) is 8.53. The van der Waals surface area contributed by atoms with E-state index < -0.39 is 29.4 Å². The van der Waals surface area contributed by atoms with Crippen molar-refractivity contribution in [1.29, 1.82) is 0 Å². The highest BCUT2D eigenvalue weighted by atomic mass is 32.2. The summed E-state index contributed by atoms with van der Waals surface area (Å²) in [6.45, 7) is 12.0. The van der Waals surface area contributed by atoms with E-state index in [0.29, 0.717) is 30.3 Å². The SMILES string of the molecule is C=CC(=O)N1C[C@H](C)N(C2=NC(O)N(c3c(SC)ccnc3C(C)C)c3nc(-c4c(O)cccc4F)c(F)cc32)C[C@H]1C. The number of amidine groups is 1. The van der Waals surface area contributed by atoms with Crippen LogP contribution in [0.1, 0.15) is 44.9 Å². The first-order valence-electron chi connectivity index (χ1n) is 13.9. The number of aromatic nitrogens is 2. The van der Waals surface area contributed by atoms with Crippen molar-refractivity contribution in [1.82, 2.24) is 19.8 Å². The second kappa shape index (κ2) is 11.9. The number of carbonyl (C=O) groups excluding carboxylic acids is 1. The van der Waals surface area contributed by atoms with Crippen molar-refractivity contribution < 1.29 is 23.8 Å². The highest BCUT2D eigenvalue weighted by Crippen LogP contribution is 2.44. The van der Waals surface area contributed by atoms with Crippen LogP contribution < -0.4 is 4.90 Å². The number of thioether (sulfide) groups is 1. The minimum Gasteiger partial charge on any atom is -0.507 e. The summed E-state index contributed by atoms with van der Waals surface area (Å²) in [5, 5.41) is 22.2. The number of amides is 1. The number of aliphatic hydroxyl groups excluding tert-OH is 1. The van der Waals surface area contributed by atoms with Gasteiger partial charge in [-0.05, 0) is 56.4 Å². The topological polar surface area (TPSA) is 105 Å². The Morgan fingerprint density at radius 1 is 1.16 bits per heavy atom. The Labute approximate surface area is 253 Å². The van der Waals surface area contributed by atoms with Gasteiger partial charge < -0.3 is 20.0 Å². The molecule has 226 valence electrons. The van der Waals surface area contributed by atoms with Crippen LogP contribution in [-0.2, 0) is 4.79 Å². The fourth-order valence-corrected chi connectivity index (χ4v) is 6.27. The van der Waals surface area contributed by atoms with E-state index in [9.17, 15) is 15.0 Å². The quantitative estimate of drug-likeness (QED) is 0.299. The van der Waals surface area contributed by atoms with Gasteiger partial charge in [-0.3, -0.25) is 14.7 Å². The summed E-state index contributed by atoms with van der Waals surface area (Å²) in [6, 6.07) is 6.23. The molecule has 0 bridgehead atoms. The Kier molecular flexibility index (Phi) is 8.44. The first-order chi connectivity index (χ1) is 20.5. The predicted octanol–water partition coefficient (Wildman–Crippen LogP) is 5.25.